The second-order valence-electron chi connectivity index (χ2n) is 6.83. The van der Waals surface area contributed by atoms with E-state index in [1.165, 1.54) is 6.33 Å². The first-order chi connectivity index (χ1) is 15.2. The third-order valence-corrected chi connectivity index (χ3v) is 4.63. The lowest BCUT2D eigenvalue weighted by Crippen LogP contribution is -2.14. The Labute approximate surface area is 177 Å². The first-order valence-electron chi connectivity index (χ1n) is 9.60. The maximum atomic E-state index is 12.4. The van der Waals surface area contributed by atoms with Gasteiger partial charge in [-0.3, -0.25) is 4.79 Å². The Morgan fingerprint density at radius 1 is 1.00 bits per heavy atom. The molecule has 1 amide bonds. The third-order valence-electron chi connectivity index (χ3n) is 4.63. The number of fused-ring (bicyclic) bond motifs is 1. The smallest absolute Gasteiger partial charge is 0.231 e. The molecule has 0 aliphatic carbocycles. The van der Waals surface area contributed by atoms with Crippen molar-refractivity contribution in [2.75, 3.05) is 17.4 Å². The van der Waals surface area contributed by atoms with E-state index in [1.54, 1.807) is 16.9 Å². The van der Waals surface area contributed by atoms with Crippen molar-refractivity contribution in [3.8, 4) is 17.3 Å². The molecule has 3 heterocycles. The van der Waals surface area contributed by atoms with Gasteiger partial charge in [0.1, 0.15) is 12.1 Å². The van der Waals surface area contributed by atoms with E-state index in [9.17, 15) is 4.79 Å². The summed E-state index contributed by atoms with van der Waals surface area (Å²) < 4.78 is 12.3. The standard InChI is InChI=1S/C22H18N6O3/c29-22(11-15-2-7-18-19(10-15)31-14-30-18)27-17-5-3-16(4-6-17)26-20-12-21(24-13-23-20)28-9-1-8-25-28/h1-10,12-13H,11,14H2,(H,27,29)(H,23,24,26). The van der Waals surface area contributed by atoms with Gasteiger partial charge in [-0.15, -0.1) is 0 Å². The highest BCUT2D eigenvalue weighted by atomic mass is 16.7. The van der Waals surface area contributed by atoms with Gasteiger partial charge in [0.25, 0.3) is 0 Å². The molecule has 31 heavy (non-hydrogen) atoms. The van der Waals surface area contributed by atoms with Gasteiger partial charge in [0.15, 0.2) is 17.3 Å². The molecule has 154 valence electrons. The van der Waals surface area contributed by atoms with E-state index in [2.05, 4.69) is 25.7 Å². The van der Waals surface area contributed by atoms with Crippen LogP contribution in [0.3, 0.4) is 0 Å². The molecule has 0 bridgehead atoms. The number of carbonyl (C=O) groups is 1. The van der Waals surface area contributed by atoms with Gasteiger partial charge in [-0.1, -0.05) is 6.07 Å². The summed E-state index contributed by atoms with van der Waals surface area (Å²) in [5.74, 6) is 2.56. The maximum absolute atomic E-state index is 12.4. The molecule has 0 radical (unpaired) electrons. The van der Waals surface area contributed by atoms with E-state index in [4.69, 9.17) is 9.47 Å². The normalized spacial score (nSPS) is 11.9. The number of aromatic nitrogens is 4. The SMILES string of the molecule is O=C(Cc1ccc2c(c1)OCO2)Nc1ccc(Nc2cc(-n3cccn3)ncn2)cc1. The van der Waals surface area contributed by atoms with Crippen LogP contribution in [-0.4, -0.2) is 32.4 Å². The minimum atomic E-state index is -0.112. The van der Waals surface area contributed by atoms with E-state index in [-0.39, 0.29) is 19.1 Å². The van der Waals surface area contributed by atoms with Crippen molar-refractivity contribution < 1.29 is 14.3 Å². The number of nitrogens with zero attached hydrogens (tertiary/aromatic N) is 4. The van der Waals surface area contributed by atoms with Gasteiger partial charge in [0.2, 0.25) is 12.7 Å². The van der Waals surface area contributed by atoms with Crippen LogP contribution in [0.15, 0.2) is 73.3 Å². The summed E-state index contributed by atoms with van der Waals surface area (Å²) in [6, 6.07) is 16.5. The Morgan fingerprint density at radius 3 is 2.68 bits per heavy atom. The number of benzene rings is 2. The van der Waals surface area contributed by atoms with Crippen molar-refractivity contribution in [2.24, 2.45) is 0 Å². The second kappa shape index (κ2) is 8.15. The molecule has 2 aromatic heterocycles. The van der Waals surface area contributed by atoms with Crippen LogP contribution in [0.4, 0.5) is 17.2 Å². The minimum Gasteiger partial charge on any atom is -0.454 e. The molecule has 5 rings (SSSR count). The van der Waals surface area contributed by atoms with Gasteiger partial charge in [-0.05, 0) is 48.0 Å². The molecule has 0 unspecified atom stereocenters. The minimum absolute atomic E-state index is 0.112. The van der Waals surface area contributed by atoms with Crippen LogP contribution in [0, 0.1) is 0 Å². The maximum Gasteiger partial charge on any atom is 0.231 e. The highest BCUT2D eigenvalue weighted by Gasteiger charge is 2.14. The Kier molecular flexibility index (Phi) is 4.89. The third kappa shape index (κ3) is 4.30. The fraction of sp³-hybridized carbons (Fsp3) is 0.0909. The summed E-state index contributed by atoms with van der Waals surface area (Å²) in [7, 11) is 0. The van der Waals surface area contributed by atoms with Crippen LogP contribution in [0.1, 0.15) is 5.56 Å². The zero-order chi connectivity index (χ0) is 21.0. The van der Waals surface area contributed by atoms with E-state index in [0.717, 1.165) is 11.3 Å². The molecule has 1 aliphatic rings. The first-order valence-corrected chi connectivity index (χ1v) is 9.60. The van der Waals surface area contributed by atoms with Crippen LogP contribution in [0.5, 0.6) is 11.5 Å². The van der Waals surface area contributed by atoms with Crippen molar-refractivity contribution in [3.63, 3.8) is 0 Å². The molecule has 2 N–H and O–H groups in total. The van der Waals surface area contributed by atoms with Crippen LogP contribution < -0.4 is 20.1 Å². The van der Waals surface area contributed by atoms with Crippen LogP contribution in [0.2, 0.25) is 0 Å². The summed E-state index contributed by atoms with van der Waals surface area (Å²) in [4.78, 5) is 20.8. The molecule has 0 fully saturated rings. The highest BCUT2D eigenvalue weighted by Crippen LogP contribution is 2.32. The largest absolute Gasteiger partial charge is 0.454 e. The van der Waals surface area contributed by atoms with Crippen LogP contribution >= 0.6 is 0 Å². The fourth-order valence-corrected chi connectivity index (χ4v) is 3.17. The summed E-state index contributed by atoms with van der Waals surface area (Å²) >= 11 is 0. The van der Waals surface area contributed by atoms with Gasteiger partial charge in [0, 0.05) is 29.8 Å². The van der Waals surface area contributed by atoms with Crippen molar-refractivity contribution in [1.82, 2.24) is 19.7 Å². The van der Waals surface area contributed by atoms with E-state index < -0.39 is 0 Å². The second-order valence-corrected chi connectivity index (χ2v) is 6.83. The molecular formula is C22H18N6O3. The lowest BCUT2D eigenvalue weighted by molar-refractivity contribution is -0.115. The number of amides is 1. The number of carbonyl (C=O) groups excluding carboxylic acids is 1. The van der Waals surface area contributed by atoms with Gasteiger partial charge < -0.3 is 20.1 Å². The Balaban J connectivity index is 1.20. The Bertz CT molecular complexity index is 1210. The molecule has 9 heteroatoms. The lowest BCUT2D eigenvalue weighted by Gasteiger charge is -2.09. The zero-order valence-corrected chi connectivity index (χ0v) is 16.4. The summed E-state index contributed by atoms with van der Waals surface area (Å²) in [5, 5.41) is 10.3. The van der Waals surface area contributed by atoms with Crippen LogP contribution in [0.25, 0.3) is 5.82 Å². The molecule has 4 aromatic rings. The molecule has 0 spiro atoms. The monoisotopic (exact) mass is 414 g/mol. The number of hydrogen-bond donors (Lipinski definition) is 2. The molecular weight excluding hydrogens is 396 g/mol. The van der Waals surface area contributed by atoms with Gasteiger partial charge in [-0.2, -0.15) is 5.10 Å². The number of ether oxygens (including phenoxy) is 2. The zero-order valence-electron chi connectivity index (χ0n) is 16.4. The van der Waals surface area contributed by atoms with E-state index in [1.807, 2.05) is 54.7 Å². The Hall–Kier alpha value is -4.40. The van der Waals surface area contributed by atoms with Crippen LogP contribution in [-0.2, 0) is 11.2 Å². The fourth-order valence-electron chi connectivity index (χ4n) is 3.17. The number of hydrogen-bond acceptors (Lipinski definition) is 7. The average Bonchev–Trinajstić information content (AvgIpc) is 3.47. The van der Waals surface area contributed by atoms with Gasteiger partial charge in [0.05, 0.1) is 6.42 Å². The van der Waals surface area contributed by atoms with Crippen molar-refractivity contribution in [2.45, 2.75) is 6.42 Å². The predicted molar refractivity (Wildman–Crippen MR) is 114 cm³/mol. The molecule has 9 nitrogen and oxygen atoms in total. The topological polar surface area (TPSA) is 103 Å². The van der Waals surface area contributed by atoms with Gasteiger partial charge >= 0.3 is 0 Å². The lowest BCUT2D eigenvalue weighted by atomic mass is 10.1. The molecule has 0 atom stereocenters. The molecule has 2 aromatic carbocycles. The quantitative estimate of drug-likeness (QED) is 0.499. The van der Waals surface area contributed by atoms with Crippen molar-refractivity contribution in [3.05, 3.63) is 78.9 Å². The average molecular weight is 414 g/mol. The molecule has 0 saturated heterocycles. The number of nitrogens with one attached hydrogen (secondary N) is 2. The summed E-state index contributed by atoms with van der Waals surface area (Å²) in [6.07, 6.45) is 5.22. The number of rotatable bonds is 6. The summed E-state index contributed by atoms with van der Waals surface area (Å²) in [6.45, 7) is 0.213. The van der Waals surface area contributed by atoms with Crippen molar-refractivity contribution >= 4 is 23.1 Å². The van der Waals surface area contributed by atoms with Gasteiger partial charge in [-0.25, -0.2) is 14.6 Å². The summed E-state index contributed by atoms with van der Waals surface area (Å²) in [5.41, 5.74) is 2.40. The van der Waals surface area contributed by atoms with Crippen molar-refractivity contribution in [1.29, 1.82) is 0 Å². The number of anilines is 3. The predicted octanol–water partition coefficient (Wildman–Crippen LogP) is 3.32. The molecule has 0 saturated carbocycles. The van der Waals surface area contributed by atoms with E-state index in [0.29, 0.717) is 28.8 Å². The highest BCUT2D eigenvalue weighted by molar-refractivity contribution is 5.92. The Morgan fingerprint density at radius 2 is 1.84 bits per heavy atom. The first kappa shape index (κ1) is 18.6. The van der Waals surface area contributed by atoms with E-state index >= 15 is 0 Å². The molecule has 1 aliphatic heterocycles.